The lowest BCUT2D eigenvalue weighted by molar-refractivity contribution is 0.258. The Morgan fingerprint density at radius 1 is 0.844 bits per heavy atom. The largest absolute Gasteiger partial charge is 0.490 e. The van der Waals surface area contributed by atoms with Crippen LogP contribution in [-0.2, 0) is 9.47 Å². The van der Waals surface area contributed by atoms with Crippen LogP contribution in [-0.4, -0.2) is 71.1 Å². The number of aromatic nitrogens is 4. The third-order valence-corrected chi connectivity index (χ3v) is 9.24. The molecule has 2 aromatic heterocycles. The van der Waals surface area contributed by atoms with Crippen molar-refractivity contribution in [3.05, 3.63) is 72.9 Å². The van der Waals surface area contributed by atoms with Gasteiger partial charge >= 0.3 is 0 Å². The monoisotopic (exact) mass is 603 g/mol. The quantitative estimate of drug-likeness (QED) is 0.148. The Balaban J connectivity index is 1.04. The molecule has 10 nitrogen and oxygen atoms in total. The molecule has 2 saturated carbocycles. The number of aromatic amines is 1. The number of H-pyrrole nitrogens is 1. The van der Waals surface area contributed by atoms with Crippen LogP contribution in [0.2, 0.25) is 0 Å². The molecule has 0 spiro atoms. The van der Waals surface area contributed by atoms with E-state index in [4.69, 9.17) is 24.2 Å². The zero-order valence-electron chi connectivity index (χ0n) is 25.1. The van der Waals surface area contributed by atoms with Gasteiger partial charge < -0.3 is 19.1 Å². The number of ether oxygens (including phenoxy) is 3. The topological polar surface area (TPSA) is 116 Å². The number of fused-ring (bicyclic) bond motifs is 2. The zero-order chi connectivity index (χ0) is 29.7. The second-order valence-electron chi connectivity index (χ2n) is 12.8. The third-order valence-electron chi connectivity index (χ3n) is 9.24. The predicted octanol–water partition coefficient (Wildman–Crippen LogP) is 5.14. The Labute approximate surface area is 261 Å². The van der Waals surface area contributed by atoms with E-state index >= 15 is 0 Å². The van der Waals surface area contributed by atoms with Gasteiger partial charge in [0.05, 0.1) is 29.3 Å². The molecule has 2 aliphatic carbocycles. The third kappa shape index (κ3) is 5.98. The molecule has 0 amide bonds. The van der Waals surface area contributed by atoms with Gasteiger partial charge in [-0.25, -0.2) is 9.97 Å². The van der Waals surface area contributed by atoms with Crippen molar-refractivity contribution >= 4 is 33.3 Å². The Bertz CT molecular complexity index is 1840. The highest BCUT2D eigenvalue weighted by molar-refractivity contribution is 5.94. The van der Waals surface area contributed by atoms with Gasteiger partial charge in [-0.1, -0.05) is 24.3 Å². The molecule has 2 saturated heterocycles. The molecular weight excluding hydrogens is 566 g/mol. The summed E-state index contributed by atoms with van der Waals surface area (Å²) in [6.07, 6.45) is 7.37. The zero-order valence-corrected chi connectivity index (χ0v) is 25.1. The minimum atomic E-state index is 0.0524. The molecule has 4 atom stereocenters. The summed E-state index contributed by atoms with van der Waals surface area (Å²) in [6, 6.07) is 22.6. The van der Waals surface area contributed by atoms with E-state index in [-0.39, 0.29) is 24.7 Å². The summed E-state index contributed by atoms with van der Waals surface area (Å²) in [5, 5.41) is 16.4. The fourth-order valence-electron chi connectivity index (χ4n) is 6.05. The van der Waals surface area contributed by atoms with Crippen molar-refractivity contribution in [2.75, 3.05) is 31.1 Å². The maximum Gasteiger partial charge on any atom is 0.165 e. The van der Waals surface area contributed by atoms with Crippen LogP contribution in [0.5, 0.6) is 5.75 Å². The minimum Gasteiger partial charge on any atom is -0.490 e. The van der Waals surface area contributed by atoms with E-state index in [9.17, 15) is 0 Å². The van der Waals surface area contributed by atoms with Crippen LogP contribution in [0.4, 0.5) is 11.5 Å². The van der Waals surface area contributed by atoms with Crippen molar-refractivity contribution in [2.24, 2.45) is 11.8 Å². The van der Waals surface area contributed by atoms with E-state index in [1.165, 1.54) is 25.7 Å². The van der Waals surface area contributed by atoms with Gasteiger partial charge in [0.15, 0.2) is 5.82 Å². The fourth-order valence-corrected chi connectivity index (χ4v) is 6.05. The summed E-state index contributed by atoms with van der Waals surface area (Å²) in [5.74, 6) is 3.81. The molecule has 4 unspecified atom stereocenters. The van der Waals surface area contributed by atoms with Gasteiger partial charge in [-0.15, -0.1) is 0 Å². The van der Waals surface area contributed by atoms with Gasteiger partial charge in [0, 0.05) is 29.5 Å². The van der Waals surface area contributed by atoms with E-state index in [0.717, 1.165) is 69.5 Å². The van der Waals surface area contributed by atoms with E-state index in [1.54, 1.807) is 0 Å². The van der Waals surface area contributed by atoms with Crippen LogP contribution in [0, 0.1) is 11.8 Å². The van der Waals surface area contributed by atoms with Crippen molar-refractivity contribution < 1.29 is 14.2 Å². The number of hydrogen-bond acceptors (Lipinski definition) is 9. The first-order valence-electron chi connectivity index (χ1n) is 16.2. The van der Waals surface area contributed by atoms with Crippen molar-refractivity contribution in [2.45, 2.75) is 50.3 Å². The van der Waals surface area contributed by atoms with Gasteiger partial charge in [-0.2, -0.15) is 5.10 Å². The summed E-state index contributed by atoms with van der Waals surface area (Å²) in [4.78, 5) is 12.6. The van der Waals surface area contributed by atoms with Crippen LogP contribution in [0.15, 0.2) is 72.9 Å². The van der Waals surface area contributed by atoms with Crippen molar-refractivity contribution in [1.29, 1.82) is 0 Å². The highest BCUT2D eigenvalue weighted by Gasteiger charge is 2.42. The molecular formula is C35H37N7O3. The fraction of sp³-hybridized carbons (Fsp3) is 0.400. The lowest BCUT2D eigenvalue weighted by Crippen LogP contribution is -2.29. The average molecular weight is 604 g/mol. The normalized spacial score (nSPS) is 23.8. The highest BCUT2D eigenvalue weighted by atomic mass is 16.6. The summed E-state index contributed by atoms with van der Waals surface area (Å²) in [6.45, 7) is 3.17. The number of rotatable bonds is 14. The number of epoxide rings is 2. The van der Waals surface area contributed by atoms with Crippen LogP contribution in [0.25, 0.3) is 33.2 Å². The van der Waals surface area contributed by atoms with E-state index < -0.39 is 0 Å². The molecule has 10 heteroatoms. The van der Waals surface area contributed by atoms with Crippen LogP contribution in [0.1, 0.15) is 25.7 Å². The second kappa shape index (κ2) is 11.4. The lowest BCUT2D eigenvalue weighted by Gasteiger charge is -2.25. The number of anilines is 2. The van der Waals surface area contributed by atoms with Crippen LogP contribution < -0.4 is 20.3 Å². The number of para-hydroxylation sites is 2. The SMILES string of the molecule is c1ccc(-c2nc(N(CC3OC3NCC3CC3)c3ccc4[nH]ncc4c3)c3ccccc3n2)c(OCC2OC2NCC2CC2)c1. The molecule has 45 heavy (non-hydrogen) atoms. The molecule has 4 fully saturated rings. The Hall–Kier alpha value is -4.09. The average Bonchev–Trinajstić information content (AvgIpc) is 3.88. The molecule has 9 rings (SSSR count). The Kier molecular flexibility index (Phi) is 6.88. The molecule has 2 aliphatic heterocycles. The van der Waals surface area contributed by atoms with Gasteiger partial charge in [-0.3, -0.25) is 15.7 Å². The summed E-state index contributed by atoms with van der Waals surface area (Å²) in [7, 11) is 0. The van der Waals surface area contributed by atoms with Crippen molar-refractivity contribution in [3.63, 3.8) is 0 Å². The first kappa shape index (κ1) is 27.2. The van der Waals surface area contributed by atoms with E-state index in [0.29, 0.717) is 19.0 Å². The van der Waals surface area contributed by atoms with Gasteiger partial charge in [-0.05, 0) is 80.0 Å². The predicted molar refractivity (Wildman–Crippen MR) is 172 cm³/mol. The standard InChI is InChI=1S/C35H37N7O3/c1-3-7-28-25(5-1)33(40-32(39-28)26-6-2-4-8-29(26)43-20-31-35(45-31)37-17-22-11-12-22)42(19-30-34(44-30)36-16-21-9-10-21)24-13-14-27-23(15-24)18-38-41-27/h1-8,13-15,18,21-22,30-31,34-37H,9-12,16-17,19-20H2,(H,38,41). The molecule has 3 aromatic carbocycles. The van der Waals surface area contributed by atoms with E-state index in [1.807, 2.05) is 48.7 Å². The van der Waals surface area contributed by atoms with Gasteiger partial charge in [0.25, 0.3) is 0 Å². The van der Waals surface area contributed by atoms with Crippen LogP contribution >= 0.6 is 0 Å². The Morgan fingerprint density at radius 3 is 2.44 bits per heavy atom. The van der Waals surface area contributed by atoms with Crippen LogP contribution in [0.3, 0.4) is 0 Å². The molecule has 0 bridgehead atoms. The van der Waals surface area contributed by atoms with Gasteiger partial charge in [0.2, 0.25) is 0 Å². The first-order chi connectivity index (χ1) is 22.2. The second-order valence-corrected chi connectivity index (χ2v) is 12.8. The summed E-state index contributed by atoms with van der Waals surface area (Å²) in [5.41, 5.74) is 3.74. The number of nitrogens with zero attached hydrogens (tertiary/aromatic N) is 4. The molecule has 5 aromatic rings. The maximum atomic E-state index is 6.35. The molecule has 230 valence electrons. The van der Waals surface area contributed by atoms with E-state index in [2.05, 4.69) is 50.0 Å². The smallest absolute Gasteiger partial charge is 0.165 e. The molecule has 3 N–H and O–H groups in total. The number of nitrogens with one attached hydrogen (secondary N) is 3. The number of benzene rings is 3. The summed E-state index contributed by atoms with van der Waals surface area (Å²) >= 11 is 0. The minimum absolute atomic E-state index is 0.0524. The molecule has 0 radical (unpaired) electrons. The Morgan fingerprint density at radius 2 is 1.60 bits per heavy atom. The highest BCUT2D eigenvalue weighted by Crippen LogP contribution is 2.38. The first-order valence-corrected chi connectivity index (χ1v) is 16.2. The lowest BCUT2D eigenvalue weighted by atomic mass is 10.1. The maximum absolute atomic E-state index is 6.35. The summed E-state index contributed by atoms with van der Waals surface area (Å²) < 4.78 is 18.3. The number of hydrogen-bond donors (Lipinski definition) is 3. The van der Waals surface area contributed by atoms with Crippen molar-refractivity contribution in [3.8, 4) is 17.1 Å². The molecule has 4 aliphatic rings. The van der Waals surface area contributed by atoms with Gasteiger partial charge in [0.1, 0.15) is 42.8 Å². The van der Waals surface area contributed by atoms with Crippen molar-refractivity contribution in [1.82, 2.24) is 30.8 Å². The molecule has 4 heterocycles.